The van der Waals surface area contributed by atoms with Crippen LogP contribution in [0.1, 0.15) is 12.5 Å². The normalized spacial score (nSPS) is 29.8. The van der Waals surface area contributed by atoms with Gasteiger partial charge in [-0.05, 0) is 14.1 Å². The highest BCUT2D eigenvalue weighted by molar-refractivity contribution is 7.53. The molecule has 0 aliphatic carbocycles. The van der Waals surface area contributed by atoms with Gasteiger partial charge in [-0.15, -0.1) is 6.58 Å². The van der Waals surface area contributed by atoms with Crippen LogP contribution < -0.4 is 22.5 Å². The molecule has 38 heavy (non-hydrogen) atoms. The second-order valence-electron chi connectivity index (χ2n) is 8.90. The number of nitrogens with one attached hydrogen (secondary N) is 2. The summed E-state index contributed by atoms with van der Waals surface area (Å²) in [6.07, 6.45) is -4.52. The Labute approximate surface area is 214 Å². The van der Waals surface area contributed by atoms with E-state index < -0.39 is 73.7 Å². The fourth-order valence-electron chi connectivity index (χ4n) is 4.21. The third kappa shape index (κ3) is 5.42. The van der Waals surface area contributed by atoms with E-state index in [1.807, 2.05) is 4.98 Å². The third-order valence-electron chi connectivity index (χ3n) is 6.20. The second kappa shape index (κ2) is 11.0. The zero-order valence-electron chi connectivity index (χ0n) is 20.5. The van der Waals surface area contributed by atoms with E-state index in [-0.39, 0.29) is 13.1 Å². The van der Waals surface area contributed by atoms with Crippen molar-refractivity contribution in [2.24, 2.45) is 0 Å². The lowest BCUT2D eigenvalue weighted by atomic mass is 10.1. The van der Waals surface area contributed by atoms with E-state index in [9.17, 15) is 33.2 Å². The molecule has 2 aromatic rings. The summed E-state index contributed by atoms with van der Waals surface area (Å²) < 4.78 is 50.8. The smallest absolute Gasteiger partial charge is 0.345 e. The van der Waals surface area contributed by atoms with Crippen molar-refractivity contribution in [3.8, 4) is 0 Å². The van der Waals surface area contributed by atoms with Crippen LogP contribution in [0.25, 0.3) is 0 Å². The van der Waals surface area contributed by atoms with Gasteiger partial charge in [-0.2, -0.15) is 0 Å². The molecule has 1 unspecified atom stereocenters. The highest BCUT2D eigenvalue weighted by atomic mass is 31.2. The van der Waals surface area contributed by atoms with Crippen LogP contribution in [0, 0.1) is 0 Å². The monoisotopic (exact) mass is 558 g/mol. The van der Waals surface area contributed by atoms with Crippen LogP contribution in [0.3, 0.4) is 0 Å². The van der Waals surface area contributed by atoms with Gasteiger partial charge < -0.3 is 19.1 Å². The van der Waals surface area contributed by atoms with Gasteiger partial charge in [0.15, 0.2) is 18.6 Å². The summed E-state index contributed by atoms with van der Waals surface area (Å²) in [5.41, 5.74) is -2.93. The standard InChI is InChI=1S/C21H28FN6O9P/c1-4-12-9-26(10-16(36-12)27-7-5-14(29)23-20(27)32)38(34,25(2)3)35-11-13-18(31)17(22)19(37-13)28-8-6-15(30)24-21(28)33/h4-8,12-13,16-19,31H,1,9-11H2,2-3H3,(H,23,29,32)(H,24,30,33)/t12-,13-,16-,17-,18-,19-,38?/m1/s1. The molecule has 0 radical (unpaired) electrons. The third-order valence-corrected chi connectivity index (χ3v) is 8.74. The van der Waals surface area contributed by atoms with Crippen LogP contribution in [0.2, 0.25) is 0 Å². The Morgan fingerprint density at radius 2 is 1.74 bits per heavy atom. The van der Waals surface area contributed by atoms with Gasteiger partial charge in [0.2, 0.25) is 0 Å². The molecule has 0 aromatic carbocycles. The summed E-state index contributed by atoms with van der Waals surface area (Å²) in [4.78, 5) is 51.3. The number of H-pyrrole nitrogens is 2. The lowest BCUT2D eigenvalue weighted by molar-refractivity contribution is -0.0895. The van der Waals surface area contributed by atoms with Crippen molar-refractivity contribution >= 4 is 7.67 Å². The van der Waals surface area contributed by atoms with E-state index in [2.05, 4.69) is 11.6 Å². The summed E-state index contributed by atoms with van der Waals surface area (Å²) in [5.74, 6) is 0. The van der Waals surface area contributed by atoms with E-state index in [1.54, 1.807) is 0 Å². The quantitative estimate of drug-likeness (QED) is 0.260. The highest BCUT2D eigenvalue weighted by Crippen LogP contribution is 2.54. The number of morpholine rings is 1. The first kappa shape index (κ1) is 28.0. The van der Waals surface area contributed by atoms with Crippen LogP contribution in [0.15, 0.2) is 56.4 Å². The van der Waals surface area contributed by atoms with Gasteiger partial charge in [0.25, 0.3) is 11.1 Å². The van der Waals surface area contributed by atoms with E-state index >= 15 is 0 Å². The Morgan fingerprint density at radius 1 is 1.13 bits per heavy atom. The van der Waals surface area contributed by atoms with E-state index in [1.165, 1.54) is 35.7 Å². The summed E-state index contributed by atoms with van der Waals surface area (Å²) in [5, 5.41) is 10.4. The van der Waals surface area contributed by atoms with Crippen LogP contribution in [0.4, 0.5) is 4.39 Å². The number of hydrogen-bond donors (Lipinski definition) is 3. The summed E-state index contributed by atoms with van der Waals surface area (Å²) in [7, 11) is -0.898. The molecule has 0 saturated carbocycles. The highest BCUT2D eigenvalue weighted by Gasteiger charge is 2.48. The summed E-state index contributed by atoms with van der Waals surface area (Å²) in [6.45, 7) is 3.14. The molecule has 3 N–H and O–H groups in total. The number of aliphatic hydroxyl groups is 1. The van der Waals surface area contributed by atoms with Crippen LogP contribution >= 0.6 is 7.67 Å². The van der Waals surface area contributed by atoms with Crippen molar-refractivity contribution in [3.63, 3.8) is 0 Å². The molecule has 15 nitrogen and oxygen atoms in total. The minimum atomic E-state index is -3.88. The van der Waals surface area contributed by atoms with Gasteiger partial charge in [-0.1, -0.05) is 6.08 Å². The van der Waals surface area contributed by atoms with Gasteiger partial charge >= 0.3 is 19.0 Å². The molecule has 2 saturated heterocycles. The average Bonchev–Trinajstić information content (AvgIpc) is 3.15. The summed E-state index contributed by atoms with van der Waals surface area (Å²) >= 11 is 0. The Bertz CT molecular complexity index is 1450. The number of ether oxygens (including phenoxy) is 2. The number of halogens is 1. The van der Waals surface area contributed by atoms with Crippen molar-refractivity contribution in [3.05, 3.63) is 78.9 Å². The first-order valence-corrected chi connectivity index (χ1v) is 13.0. The Hall–Kier alpha value is -2.98. The molecule has 2 fully saturated rings. The largest absolute Gasteiger partial charge is 0.387 e. The fourth-order valence-corrected chi connectivity index (χ4v) is 6.16. The number of alkyl halides is 1. The van der Waals surface area contributed by atoms with E-state index in [0.29, 0.717) is 0 Å². The fraction of sp³-hybridized carbons (Fsp3) is 0.524. The minimum Gasteiger partial charge on any atom is -0.387 e. The molecule has 0 spiro atoms. The molecule has 4 heterocycles. The van der Waals surface area contributed by atoms with Gasteiger partial charge in [0.1, 0.15) is 12.2 Å². The maximum absolute atomic E-state index is 14.9. The van der Waals surface area contributed by atoms with Gasteiger partial charge in [-0.25, -0.2) is 23.3 Å². The Balaban J connectivity index is 1.54. The topological polar surface area (TPSA) is 181 Å². The second-order valence-corrected chi connectivity index (χ2v) is 11.5. The Morgan fingerprint density at radius 3 is 2.29 bits per heavy atom. The van der Waals surface area contributed by atoms with E-state index in [4.69, 9.17) is 14.0 Å². The van der Waals surface area contributed by atoms with Gasteiger partial charge in [0.05, 0.1) is 19.3 Å². The molecule has 208 valence electrons. The molecule has 17 heteroatoms. The lowest BCUT2D eigenvalue weighted by Crippen LogP contribution is -2.48. The maximum atomic E-state index is 14.9. The predicted molar refractivity (Wildman–Crippen MR) is 130 cm³/mol. The maximum Gasteiger partial charge on any atom is 0.345 e. The van der Waals surface area contributed by atoms with Crippen LogP contribution in [0.5, 0.6) is 0 Å². The summed E-state index contributed by atoms with van der Waals surface area (Å²) in [6, 6.07) is 2.15. The van der Waals surface area contributed by atoms with Crippen LogP contribution in [-0.4, -0.2) is 91.8 Å². The number of nitrogens with zero attached hydrogens (tertiary/aromatic N) is 4. The minimum absolute atomic E-state index is 0.0583. The van der Waals surface area contributed by atoms with Crippen molar-refractivity contribution in [1.82, 2.24) is 28.4 Å². The number of aromatic amines is 2. The molecule has 2 aliphatic heterocycles. The predicted octanol–water partition coefficient (Wildman–Crippen LogP) is -1.25. The van der Waals surface area contributed by atoms with E-state index in [0.717, 1.165) is 27.5 Å². The zero-order chi connectivity index (χ0) is 27.8. The molecule has 2 aliphatic rings. The van der Waals surface area contributed by atoms with Crippen LogP contribution in [-0.2, 0) is 18.6 Å². The Kier molecular flexibility index (Phi) is 8.13. The molecule has 4 rings (SSSR count). The SMILES string of the molecule is C=C[C@@H]1CN(P(=O)(OC[C@H]2O[C@@H](n3ccc(=O)[nH]c3=O)[C@H](F)[C@@H]2O)N(C)C)C[C@H](n2ccc(=O)[nH]c2=O)O1. The van der Waals surface area contributed by atoms with Gasteiger partial charge in [0, 0.05) is 31.1 Å². The molecular formula is C21H28FN6O9P. The zero-order valence-corrected chi connectivity index (χ0v) is 21.4. The average molecular weight is 558 g/mol. The molecule has 0 amide bonds. The lowest BCUT2D eigenvalue weighted by Gasteiger charge is -2.42. The first-order valence-electron chi connectivity index (χ1n) is 11.5. The first-order chi connectivity index (χ1) is 17.9. The number of hydrogen-bond acceptors (Lipinski definition) is 9. The van der Waals surface area contributed by atoms with Crippen molar-refractivity contribution in [2.75, 3.05) is 33.8 Å². The number of rotatable bonds is 8. The number of aromatic nitrogens is 4. The molecular weight excluding hydrogens is 530 g/mol. The van der Waals surface area contributed by atoms with Crippen molar-refractivity contribution < 1.29 is 28.1 Å². The molecule has 7 atom stereocenters. The number of aliphatic hydroxyl groups excluding tert-OH is 1. The molecule has 0 bridgehead atoms. The molecule has 2 aromatic heterocycles. The van der Waals surface area contributed by atoms with Gasteiger partial charge in [-0.3, -0.25) is 33.3 Å². The van der Waals surface area contributed by atoms with Crippen molar-refractivity contribution in [1.29, 1.82) is 0 Å². The van der Waals surface area contributed by atoms with Crippen molar-refractivity contribution in [2.45, 2.75) is 36.9 Å².